The summed E-state index contributed by atoms with van der Waals surface area (Å²) in [7, 11) is 3.26. The first-order chi connectivity index (χ1) is 9.19. The Kier molecular flexibility index (Phi) is 4.30. The molecule has 0 aliphatic carbocycles. The predicted molar refractivity (Wildman–Crippen MR) is 71.9 cm³/mol. The quantitative estimate of drug-likeness (QED) is 0.763. The molecular formula is C14H17N3O2. The summed E-state index contributed by atoms with van der Waals surface area (Å²) in [5, 5.41) is 4.31. The molecule has 0 saturated carbocycles. The molecule has 0 amide bonds. The van der Waals surface area contributed by atoms with E-state index in [0.717, 1.165) is 11.3 Å². The van der Waals surface area contributed by atoms with Gasteiger partial charge in [0.15, 0.2) is 0 Å². The zero-order valence-corrected chi connectivity index (χ0v) is 11.1. The molecule has 0 unspecified atom stereocenters. The van der Waals surface area contributed by atoms with E-state index in [4.69, 9.17) is 0 Å². The lowest BCUT2D eigenvalue weighted by Gasteiger charge is -2.13. The van der Waals surface area contributed by atoms with Gasteiger partial charge in [0.05, 0.1) is 25.5 Å². The molecule has 100 valence electrons. The van der Waals surface area contributed by atoms with Crippen LogP contribution in [0.1, 0.15) is 5.56 Å². The number of carbonyl (C=O) groups is 1. The molecule has 0 fully saturated rings. The molecule has 2 rings (SSSR count). The highest BCUT2D eigenvalue weighted by Gasteiger charge is 2.08. The van der Waals surface area contributed by atoms with Crippen LogP contribution < -0.4 is 0 Å². The topological polar surface area (TPSA) is 47.4 Å². The molecule has 2 aromatic rings. The molecule has 1 aromatic carbocycles. The summed E-state index contributed by atoms with van der Waals surface area (Å²) in [5.74, 6) is -0.238. The Labute approximate surface area is 112 Å². The number of methoxy groups -OCH3 is 1. The lowest BCUT2D eigenvalue weighted by molar-refractivity contribution is -0.141. The highest BCUT2D eigenvalue weighted by atomic mass is 16.5. The fourth-order valence-electron chi connectivity index (χ4n) is 1.82. The number of para-hydroxylation sites is 1. The minimum atomic E-state index is -0.238. The van der Waals surface area contributed by atoms with Crippen molar-refractivity contribution >= 4 is 5.97 Å². The molecule has 5 heteroatoms. The standard InChI is InChI=1S/C14H17N3O2/c1-16(11-14(18)19-2)9-12-8-15-17(10-12)13-6-4-3-5-7-13/h3-8,10H,9,11H2,1-2H3. The molecular weight excluding hydrogens is 242 g/mol. The molecule has 0 radical (unpaired) electrons. The van der Waals surface area contributed by atoms with Crippen molar-refractivity contribution < 1.29 is 9.53 Å². The summed E-state index contributed by atoms with van der Waals surface area (Å²) in [6.45, 7) is 0.926. The number of hydrogen-bond donors (Lipinski definition) is 0. The van der Waals surface area contributed by atoms with E-state index in [-0.39, 0.29) is 12.5 Å². The molecule has 0 aliphatic rings. The van der Waals surface area contributed by atoms with Gasteiger partial charge in [-0.15, -0.1) is 0 Å². The number of likely N-dealkylation sites (N-methyl/N-ethyl adjacent to an activating group) is 1. The first-order valence-corrected chi connectivity index (χ1v) is 6.03. The van der Waals surface area contributed by atoms with Crippen molar-refractivity contribution in [3.05, 3.63) is 48.3 Å². The van der Waals surface area contributed by atoms with Crippen molar-refractivity contribution in [1.29, 1.82) is 0 Å². The minimum Gasteiger partial charge on any atom is -0.468 e. The summed E-state index contributed by atoms with van der Waals surface area (Å²) in [6, 6.07) is 9.90. The van der Waals surface area contributed by atoms with Crippen LogP contribution in [-0.2, 0) is 16.1 Å². The van der Waals surface area contributed by atoms with Gasteiger partial charge in [-0.05, 0) is 19.2 Å². The number of esters is 1. The Morgan fingerprint density at radius 3 is 2.79 bits per heavy atom. The number of aromatic nitrogens is 2. The lowest BCUT2D eigenvalue weighted by Crippen LogP contribution is -2.26. The first-order valence-electron chi connectivity index (χ1n) is 6.03. The van der Waals surface area contributed by atoms with Gasteiger partial charge in [0.25, 0.3) is 0 Å². The second kappa shape index (κ2) is 6.15. The highest BCUT2D eigenvalue weighted by Crippen LogP contribution is 2.08. The van der Waals surface area contributed by atoms with Crippen LogP contribution in [0, 0.1) is 0 Å². The second-order valence-corrected chi connectivity index (χ2v) is 4.38. The van der Waals surface area contributed by atoms with Gasteiger partial charge in [0.2, 0.25) is 0 Å². The maximum atomic E-state index is 11.2. The van der Waals surface area contributed by atoms with Gasteiger partial charge < -0.3 is 4.74 Å². The monoisotopic (exact) mass is 259 g/mol. The maximum absolute atomic E-state index is 11.2. The Hall–Kier alpha value is -2.14. The first kappa shape index (κ1) is 13.3. The number of ether oxygens (including phenoxy) is 1. The van der Waals surface area contributed by atoms with E-state index in [2.05, 4.69) is 9.84 Å². The Morgan fingerprint density at radius 1 is 1.37 bits per heavy atom. The summed E-state index contributed by atoms with van der Waals surface area (Å²) in [6.07, 6.45) is 3.77. The third kappa shape index (κ3) is 3.66. The van der Waals surface area contributed by atoms with E-state index < -0.39 is 0 Å². The molecule has 0 aliphatic heterocycles. The van der Waals surface area contributed by atoms with Crippen molar-refractivity contribution in [2.75, 3.05) is 20.7 Å². The SMILES string of the molecule is COC(=O)CN(C)Cc1cnn(-c2ccccc2)c1. The zero-order chi connectivity index (χ0) is 13.7. The van der Waals surface area contributed by atoms with Crippen molar-refractivity contribution in [2.45, 2.75) is 6.54 Å². The van der Waals surface area contributed by atoms with E-state index in [1.54, 1.807) is 6.20 Å². The van der Waals surface area contributed by atoms with Gasteiger partial charge in [0.1, 0.15) is 0 Å². The number of benzene rings is 1. The van der Waals surface area contributed by atoms with Crippen LogP contribution in [0.2, 0.25) is 0 Å². The summed E-state index contributed by atoms with van der Waals surface area (Å²) in [5.41, 5.74) is 2.07. The summed E-state index contributed by atoms with van der Waals surface area (Å²) < 4.78 is 6.45. The van der Waals surface area contributed by atoms with Gasteiger partial charge in [-0.3, -0.25) is 9.69 Å². The van der Waals surface area contributed by atoms with Gasteiger partial charge in [-0.25, -0.2) is 4.68 Å². The number of rotatable bonds is 5. The number of hydrogen-bond acceptors (Lipinski definition) is 4. The van der Waals surface area contributed by atoms with Crippen LogP contribution in [0.5, 0.6) is 0 Å². The minimum absolute atomic E-state index is 0.238. The maximum Gasteiger partial charge on any atom is 0.319 e. The van der Waals surface area contributed by atoms with E-state index in [1.807, 2.05) is 53.2 Å². The predicted octanol–water partition coefficient (Wildman–Crippen LogP) is 1.48. The molecule has 5 nitrogen and oxygen atoms in total. The fraction of sp³-hybridized carbons (Fsp3) is 0.286. The van der Waals surface area contributed by atoms with Crippen LogP contribution in [0.15, 0.2) is 42.7 Å². The van der Waals surface area contributed by atoms with Crippen LogP contribution in [0.25, 0.3) is 5.69 Å². The van der Waals surface area contributed by atoms with Crippen molar-refractivity contribution in [3.8, 4) is 5.69 Å². The van der Waals surface area contributed by atoms with Crippen molar-refractivity contribution in [2.24, 2.45) is 0 Å². The van der Waals surface area contributed by atoms with E-state index >= 15 is 0 Å². The smallest absolute Gasteiger partial charge is 0.319 e. The molecule has 1 heterocycles. The number of nitrogens with zero attached hydrogens (tertiary/aromatic N) is 3. The molecule has 0 atom stereocenters. The number of carbonyl (C=O) groups excluding carboxylic acids is 1. The van der Waals surface area contributed by atoms with E-state index in [1.165, 1.54) is 7.11 Å². The average molecular weight is 259 g/mol. The van der Waals surface area contributed by atoms with Crippen LogP contribution in [0.3, 0.4) is 0 Å². The lowest BCUT2D eigenvalue weighted by atomic mass is 10.3. The third-order valence-electron chi connectivity index (χ3n) is 2.74. The second-order valence-electron chi connectivity index (χ2n) is 4.38. The van der Waals surface area contributed by atoms with Crippen molar-refractivity contribution in [3.63, 3.8) is 0 Å². The summed E-state index contributed by atoms with van der Waals surface area (Å²) in [4.78, 5) is 13.0. The third-order valence-corrected chi connectivity index (χ3v) is 2.74. The Morgan fingerprint density at radius 2 is 2.11 bits per heavy atom. The normalized spacial score (nSPS) is 10.7. The van der Waals surface area contributed by atoms with Gasteiger partial charge in [-0.2, -0.15) is 5.10 Å². The van der Waals surface area contributed by atoms with Gasteiger partial charge >= 0.3 is 5.97 Å². The zero-order valence-electron chi connectivity index (χ0n) is 11.1. The molecule has 0 spiro atoms. The Balaban J connectivity index is 2.00. The molecule has 19 heavy (non-hydrogen) atoms. The molecule has 0 saturated heterocycles. The molecule has 1 aromatic heterocycles. The largest absolute Gasteiger partial charge is 0.468 e. The fourth-order valence-corrected chi connectivity index (χ4v) is 1.82. The van der Waals surface area contributed by atoms with E-state index in [0.29, 0.717) is 6.54 Å². The Bertz CT molecular complexity index is 537. The summed E-state index contributed by atoms with van der Waals surface area (Å²) >= 11 is 0. The molecule has 0 N–H and O–H groups in total. The van der Waals surface area contributed by atoms with Crippen LogP contribution >= 0.6 is 0 Å². The average Bonchev–Trinajstić information content (AvgIpc) is 2.88. The van der Waals surface area contributed by atoms with Crippen molar-refractivity contribution in [1.82, 2.24) is 14.7 Å². The van der Waals surface area contributed by atoms with Gasteiger partial charge in [-0.1, -0.05) is 18.2 Å². The van der Waals surface area contributed by atoms with E-state index in [9.17, 15) is 4.79 Å². The molecule has 0 bridgehead atoms. The van der Waals surface area contributed by atoms with Crippen LogP contribution in [0.4, 0.5) is 0 Å². The van der Waals surface area contributed by atoms with Gasteiger partial charge in [0, 0.05) is 18.3 Å². The van der Waals surface area contributed by atoms with Crippen LogP contribution in [-0.4, -0.2) is 41.4 Å². The highest BCUT2D eigenvalue weighted by molar-refractivity contribution is 5.71.